The van der Waals surface area contributed by atoms with Crippen LogP contribution in [0.25, 0.3) is 0 Å². The van der Waals surface area contributed by atoms with E-state index in [0.29, 0.717) is 25.9 Å². The van der Waals surface area contributed by atoms with E-state index in [2.05, 4.69) is 4.72 Å². The number of nitrogens with one attached hydrogen (secondary N) is 1. The molecule has 0 spiro atoms. The van der Waals surface area contributed by atoms with Crippen LogP contribution in [0.2, 0.25) is 0 Å². The maximum Gasteiger partial charge on any atom is 0.244 e. The highest BCUT2D eigenvalue weighted by Gasteiger charge is 2.35. The van der Waals surface area contributed by atoms with E-state index >= 15 is 0 Å². The first kappa shape index (κ1) is 24.3. The quantitative estimate of drug-likeness (QED) is 0.651. The van der Waals surface area contributed by atoms with Gasteiger partial charge in [0.25, 0.3) is 0 Å². The molecular weight excluding hydrogens is 457 g/mol. The smallest absolute Gasteiger partial charge is 0.244 e. The summed E-state index contributed by atoms with van der Waals surface area (Å²) in [4.78, 5) is 29.2. The summed E-state index contributed by atoms with van der Waals surface area (Å²) < 4.78 is 42.6. The van der Waals surface area contributed by atoms with E-state index in [-0.39, 0.29) is 24.2 Å². The van der Waals surface area contributed by atoms with Gasteiger partial charge >= 0.3 is 0 Å². The Labute approximate surface area is 200 Å². The van der Waals surface area contributed by atoms with Gasteiger partial charge in [-0.2, -0.15) is 4.72 Å². The van der Waals surface area contributed by atoms with E-state index in [0.717, 1.165) is 37.6 Å². The van der Waals surface area contributed by atoms with Crippen LogP contribution in [0.5, 0.6) is 0 Å². The first-order valence-electron chi connectivity index (χ1n) is 11.7. The number of rotatable bonds is 7. The van der Waals surface area contributed by atoms with Crippen LogP contribution in [0.3, 0.4) is 0 Å². The second-order valence-electron chi connectivity index (χ2n) is 8.93. The van der Waals surface area contributed by atoms with Crippen LogP contribution < -0.4 is 4.72 Å². The molecule has 2 aromatic carbocycles. The predicted octanol–water partition coefficient (Wildman–Crippen LogP) is 2.58. The van der Waals surface area contributed by atoms with Gasteiger partial charge in [-0.1, -0.05) is 42.5 Å². The van der Waals surface area contributed by atoms with Crippen LogP contribution in [0.15, 0.2) is 59.5 Å². The number of benzene rings is 2. The van der Waals surface area contributed by atoms with Crippen molar-refractivity contribution < 1.29 is 22.4 Å². The van der Waals surface area contributed by atoms with Gasteiger partial charge in [-0.05, 0) is 49.8 Å². The lowest BCUT2D eigenvalue weighted by Gasteiger charge is -2.35. The molecule has 0 aromatic heterocycles. The van der Waals surface area contributed by atoms with E-state index in [9.17, 15) is 22.4 Å². The second-order valence-corrected chi connectivity index (χ2v) is 10.6. The Hall–Kier alpha value is -2.78. The average Bonchev–Trinajstić information content (AvgIpc) is 3.39. The van der Waals surface area contributed by atoms with Gasteiger partial charge < -0.3 is 9.80 Å². The summed E-state index contributed by atoms with van der Waals surface area (Å²) in [7, 11) is -4.26. The normalized spacial score (nSPS) is 18.1. The summed E-state index contributed by atoms with van der Waals surface area (Å²) in [5.74, 6) is -1.19. The Bertz CT molecular complexity index is 1110. The standard InChI is InChI=1S/C25H30FN3O4S/c26-21-10-4-5-11-23(21)34(32,33)27-22(18-19-8-2-1-3-9-19)25(31)29-16-12-20(13-17-29)24(30)28-14-6-7-15-28/h1-5,8-11,20,22,27H,6-7,12-18H2. The number of hydrogen-bond donors (Lipinski definition) is 1. The zero-order chi connectivity index (χ0) is 24.1. The number of nitrogens with zero attached hydrogens (tertiary/aromatic N) is 2. The zero-order valence-corrected chi connectivity index (χ0v) is 19.8. The van der Waals surface area contributed by atoms with Gasteiger partial charge in [0, 0.05) is 32.1 Å². The molecule has 9 heteroatoms. The van der Waals surface area contributed by atoms with Crippen LogP contribution in [0.4, 0.5) is 4.39 Å². The summed E-state index contributed by atoms with van der Waals surface area (Å²) in [6, 6.07) is 13.1. The van der Waals surface area contributed by atoms with Crippen molar-refractivity contribution in [2.24, 2.45) is 5.92 Å². The molecule has 1 atom stereocenters. The fourth-order valence-corrected chi connectivity index (χ4v) is 5.97. The number of piperidine rings is 1. The topological polar surface area (TPSA) is 86.8 Å². The van der Waals surface area contributed by atoms with Crippen LogP contribution in [0, 0.1) is 11.7 Å². The number of carbonyl (C=O) groups excluding carboxylic acids is 2. The van der Waals surface area contributed by atoms with Gasteiger partial charge in [0.05, 0.1) is 0 Å². The lowest BCUT2D eigenvalue weighted by atomic mass is 9.94. The van der Waals surface area contributed by atoms with E-state index in [4.69, 9.17) is 0 Å². The highest BCUT2D eigenvalue weighted by atomic mass is 32.2. The maximum absolute atomic E-state index is 14.2. The molecule has 1 N–H and O–H groups in total. The Morgan fingerprint density at radius 2 is 1.53 bits per heavy atom. The predicted molar refractivity (Wildman–Crippen MR) is 126 cm³/mol. The fourth-order valence-electron chi connectivity index (χ4n) is 4.71. The molecule has 182 valence electrons. The Morgan fingerprint density at radius 3 is 2.18 bits per heavy atom. The summed E-state index contributed by atoms with van der Waals surface area (Å²) in [5, 5.41) is 0. The first-order valence-corrected chi connectivity index (χ1v) is 13.2. The number of halogens is 1. The van der Waals surface area contributed by atoms with Gasteiger partial charge in [0.2, 0.25) is 21.8 Å². The zero-order valence-electron chi connectivity index (χ0n) is 19.0. The Morgan fingerprint density at radius 1 is 0.912 bits per heavy atom. The highest BCUT2D eigenvalue weighted by molar-refractivity contribution is 7.89. The number of sulfonamides is 1. The van der Waals surface area contributed by atoms with E-state index in [1.807, 2.05) is 35.2 Å². The molecule has 2 fully saturated rings. The van der Waals surface area contributed by atoms with E-state index in [1.165, 1.54) is 18.2 Å². The van der Waals surface area contributed by atoms with E-state index < -0.39 is 26.8 Å². The summed E-state index contributed by atoms with van der Waals surface area (Å²) in [6.45, 7) is 2.37. The summed E-state index contributed by atoms with van der Waals surface area (Å²) in [6.07, 6.45) is 3.32. The minimum atomic E-state index is -4.26. The molecule has 0 radical (unpaired) electrons. The fraction of sp³-hybridized carbons (Fsp3) is 0.440. The van der Waals surface area contributed by atoms with Crippen LogP contribution >= 0.6 is 0 Å². The Balaban J connectivity index is 1.48. The molecule has 0 saturated carbocycles. The number of hydrogen-bond acceptors (Lipinski definition) is 4. The molecule has 2 heterocycles. The molecule has 1 unspecified atom stereocenters. The molecule has 4 rings (SSSR count). The number of likely N-dealkylation sites (tertiary alicyclic amines) is 2. The molecule has 7 nitrogen and oxygen atoms in total. The largest absolute Gasteiger partial charge is 0.342 e. The SMILES string of the molecule is O=C(C1CCN(C(=O)C(Cc2ccccc2)NS(=O)(=O)c2ccccc2F)CC1)N1CCCC1. The molecule has 0 aliphatic carbocycles. The highest BCUT2D eigenvalue weighted by Crippen LogP contribution is 2.23. The first-order chi connectivity index (χ1) is 16.3. The van der Waals surface area contributed by atoms with Crippen molar-refractivity contribution in [3.63, 3.8) is 0 Å². The second kappa shape index (κ2) is 10.7. The van der Waals surface area contributed by atoms with Crippen molar-refractivity contribution in [1.82, 2.24) is 14.5 Å². The molecule has 34 heavy (non-hydrogen) atoms. The Kier molecular flexibility index (Phi) is 7.63. The van der Waals surface area contributed by atoms with Gasteiger partial charge in [-0.15, -0.1) is 0 Å². The van der Waals surface area contributed by atoms with Gasteiger partial charge in [-0.3, -0.25) is 9.59 Å². The molecule has 2 saturated heterocycles. The minimum Gasteiger partial charge on any atom is -0.342 e. The molecule has 2 aliphatic heterocycles. The van der Waals surface area contributed by atoms with E-state index in [1.54, 1.807) is 4.90 Å². The van der Waals surface area contributed by atoms with Crippen LogP contribution in [-0.4, -0.2) is 62.3 Å². The van der Waals surface area contributed by atoms with Crippen molar-refractivity contribution >= 4 is 21.8 Å². The van der Waals surface area contributed by atoms with Crippen molar-refractivity contribution in [3.05, 3.63) is 66.0 Å². The third kappa shape index (κ3) is 5.64. The van der Waals surface area contributed by atoms with Gasteiger partial charge in [-0.25, -0.2) is 12.8 Å². The van der Waals surface area contributed by atoms with Crippen LogP contribution in [-0.2, 0) is 26.0 Å². The lowest BCUT2D eigenvalue weighted by Crippen LogP contribution is -2.52. The molecular formula is C25H30FN3O4S. The monoisotopic (exact) mass is 487 g/mol. The molecule has 2 aliphatic rings. The average molecular weight is 488 g/mol. The van der Waals surface area contributed by atoms with Crippen molar-refractivity contribution in [2.45, 2.75) is 43.0 Å². The number of carbonyl (C=O) groups is 2. The lowest BCUT2D eigenvalue weighted by molar-refractivity contribution is -0.140. The summed E-state index contributed by atoms with van der Waals surface area (Å²) in [5.41, 5.74) is 0.788. The van der Waals surface area contributed by atoms with Crippen LogP contribution in [0.1, 0.15) is 31.2 Å². The minimum absolute atomic E-state index is 0.107. The third-order valence-electron chi connectivity index (χ3n) is 6.58. The van der Waals surface area contributed by atoms with Crippen molar-refractivity contribution in [3.8, 4) is 0 Å². The summed E-state index contributed by atoms with van der Waals surface area (Å²) >= 11 is 0. The van der Waals surface area contributed by atoms with Gasteiger partial charge in [0.15, 0.2) is 0 Å². The van der Waals surface area contributed by atoms with Crippen molar-refractivity contribution in [1.29, 1.82) is 0 Å². The van der Waals surface area contributed by atoms with Gasteiger partial charge in [0.1, 0.15) is 16.8 Å². The third-order valence-corrected chi connectivity index (χ3v) is 8.08. The molecule has 0 bridgehead atoms. The number of amides is 2. The molecule has 2 amide bonds. The molecule has 2 aromatic rings. The maximum atomic E-state index is 14.2. The van der Waals surface area contributed by atoms with Crippen molar-refractivity contribution in [2.75, 3.05) is 26.2 Å².